The van der Waals surface area contributed by atoms with Crippen molar-refractivity contribution in [3.63, 3.8) is 0 Å². The highest BCUT2D eigenvalue weighted by molar-refractivity contribution is 9.10. The number of aromatic carboxylic acids is 1. The molecular formula is C10H6BrF2O4-. The van der Waals surface area contributed by atoms with Crippen LogP contribution >= 0.6 is 15.9 Å². The van der Waals surface area contributed by atoms with Crippen molar-refractivity contribution in [2.75, 3.05) is 0 Å². The van der Waals surface area contributed by atoms with Gasteiger partial charge < -0.3 is 14.6 Å². The van der Waals surface area contributed by atoms with E-state index in [0.29, 0.717) is 0 Å². The van der Waals surface area contributed by atoms with E-state index in [2.05, 4.69) is 20.7 Å². The van der Waals surface area contributed by atoms with Gasteiger partial charge in [-0.05, 0) is 19.1 Å². The number of ether oxygens (including phenoxy) is 1. The van der Waals surface area contributed by atoms with Gasteiger partial charge in [0.25, 0.3) is 0 Å². The van der Waals surface area contributed by atoms with Gasteiger partial charge in [-0.15, -0.1) is 0 Å². The second-order valence-corrected chi connectivity index (χ2v) is 4.44. The largest absolute Gasteiger partial charge is 0.545 e. The number of carbonyl (C=O) groups excluding carboxylic acids is 2. The lowest BCUT2D eigenvalue weighted by molar-refractivity contribution is -0.255. The minimum Gasteiger partial charge on any atom is -0.545 e. The lowest BCUT2D eigenvalue weighted by atomic mass is 10.2. The number of carboxylic acid groups (broad SMARTS) is 1. The Balaban J connectivity index is 3.09. The molecule has 0 fully saturated rings. The molecule has 0 bridgehead atoms. The summed E-state index contributed by atoms with van der Waals surface area (Å²) in [5.41, 5.74) is -0.936. The van der Waals surface area contributed by atoms with E-state index in [9.17, 15) is 23.5 Å². The van der Waals surface area contributed by atoms with E-state index in [-0.39, 0.29) is 0 Å². The zero-order valence-electron chi connectivity index (χ0n) is 8.50. The zero-order valence-corrected chi connectivity index (χ0v) is 10.1. The molecule has 1 atom stereocenters. The van der Waals surface area contributed by atoms with Crippen LogP contribution in [0.15, 0.2) is 12.1 Å². The van der Waals surface area contributed by atoms with Crippen molar-refractivity contribution in [2.45, 2.75) is 11.8 Å². The molecule has 0 aliphatic carbocycles. The molecule has 0 aliphatic rings. The number of hydrogen-bond acceptors (Lipinski definition) is 4. The maximum atomic E-state index is 13.3. The molecule has 0 spiro atoms. The fourth-order valence-corrected chi connectivity index (χ4v) is 1.05. The number of rotatable bonds is 3. The lowest BCUT2D eigenvalue weighted by Gasteiger charge is -2.10. The highest BCUT2D eigenvalue weighted by atomic mass is 79.9. The number of alkyl halides is 1. The van der Waals surface area contributed by atoms with Gasteiger partial charge in [0.15, 0.2) is 11.6 Å². The minimum absolute atomic E-state index is 0.677. The quantitative estimate of drug-likeness (QED) is 0.475. The van der Waals surface area contributed by atoms with E-state index in [0.717, 1.165) is 12.1 Å². The summed E-state index contributed by atoms with van der Waals surface area (Å²) in [5.74, 6) is -6.54. The molecule has 92 valence electrons. The first-order chi connectivity index (χ1) is 7.84. The summed E-state index contributed by atoms with van der Waals surface area (Å²) in [6, 6.07) is 1.60. The van der Waals surface area contributed by atoms with Gasteiger partial charge in [0.1, 0.15) is 4.83 Å². The summed E-state index contributed by atoms with van der Waals surface area (Å²) in [5, 5.41) is 10.4. The molecule has 1 aromatic carbocycles. The van der Waals surface area contributed by atoms with Crippen LogP contribution in [0, 0.1) is 11.6 Å². The summed E-state index contributed by atoms with van der Waals surface area (Å²) in [4.78, 5) is 20.8. The average Bonchev–Trinajstić information content (AvgIpc) is 2.24. The SMILES string of the molecule is CC(Br)C(=O)Oc1ccc(C(=O)[O-])c(F)c1F. The predicted octanol–water partition coefficient (Wildman–Crippen LogP) is 1.02. The smallest absolute Gasteiger partial charge is 0.324 e. The maximum absolute atomic E-state index is 13.3. The van der Waals surface area contributed by atoms with Crippen molar-refractivity contribution in [1.29, 1.82) is 0 Å². The third kappa shape index (κ3) is 3.00. The molecule has 1 unspecified atom stereocenters. The average molecular weight is 308 g/mol. The van der Waals surface area contributed by atoms with E-state index >= 15 is 0 Å². The Morgan fingerprint density at radius 1 is 1.35 bits per heavy atom. The van der Waals surface area contributed by atoms with Crippen LogP contribution in [0.1, 0.15) is 17.3 Å². The van der Waals surface area contributed by atoms with Crippen LogP contribution in [0.3, 0.4) is 0 Å². The van der Waals surface area contributed by atoms with Gasteiger partial charge in [0, 0.05) is 5.56 Å². The molecule has 0 radical (unpaired) electrons. The maximum Gasteiger partial charge on any atom is 0.324 e. The monoisotopic (exact) mass is 307 g/mol. The summed E-state index contributed by atoms with van der Waals surface area (Å²) >= 11 is 2.88. The third-order valence-corrected chi connectivity index (χ3v) is 2.18. The van der Waals surface area contributed by atoms with Crippen molar-refractivity contribution < 1.29 is 28.2 Å². The van der Waals surface area contributed by atoms with E-state index < -0.39 is 39.7 Å². The Hall–Kier alpha value is -1.50. The first-order valence-electron chi connectivity index (χ1n) is 4.39. The molecular weight excluding hydrogens is 302 g/mol. The highest BCUT2D eigenvalue weighted by Crippen LogP contribution is 2.23. The Kier molecular flexibility index (Phi) is 4.17. The van der Waals surface area contributed by atoms with Crippen molar-refractivity contribution in [2.24, 2.45) is 0 Å². The van der Waals surface area contributed by atoms with E-state index in [1.54, 1.807) is 0 Å². The molecule has 7 heteroatoms. The fourth-order valence-electron chi connectivity index (χ4n) is 0.958. The summed E-state index contributed by atoms with van der Waals surface area (Å²) < 4.78 is 31.0. The van der Waals surface area contributed by atoms with E-state index in [4.69, 9.17) is 0 Å². The van der Waals surface area contributed by atoms with Gasteiger partial charge in [-0.1, -0.05) is 15.9 Å². The zero-order chi connectivity index (χ0) is 13.2. The molecule has 0 heterocycles. The topological polar surface area (TPSA) is 66.4 Å². The van der Waals surface area contributed by atoms with Gasteiger partial charge >= 0.3 is 5.97 Å². The standard InChI is InChI=1S/C10H7BrF2O4/c1-4(11)10(16)17-6-3-2-5(9(14)15)7(12)8(6)13/h2-4H,1H3,(H,14,15)/p-1. The van der Waals surface area contributed by atoms with Crippen molar-refractivity contribution in [1.82, 2.24) is 0 Å². The van der Waals surface area contributed by atoms with E-state index in [1.165, 1.54) is 6.92 Å². The number of benzene rings is 1. The van der Waals surface area contributed by atoms with Gasteiger partial charge in [0.2, 0.25) is 5.82 Å². The Labute approximate surface area is 103 Å². The fraction of sp³-hybridized carbons (Fsp3) is 0.200. The Bertz CT molecular complexity index is 474. The van der Waals surface area contributed by atoms with Crippen LogP contribution in [-0.4, -0.2) is 16.8 Å². The normalized spacial score (nSPS) is 12.0. The Morgan fingerprint density at radius 2 is 1.94 bits per heavy atom. The molecule has 0 aromatic heterocycles. The van der Waals surface area contributed by atoms with Gasteiger partial charge in [-0.25, -0.2) is 4.39 Å². The second-order valence-electron chi connectivity index (χ2n) is 3.06. The highest BCUT2D eigenvalue weighted by Gasteiger charge is 2.19. The van der Waals surface area contributed by atoms with Crippen LogP contribution in [0.5, 0.6) is 5.75 Å². The molecule has 0 amide bonds. The Morgan fingerprint density at radius 3 is 2.41 bits per heavy atom. The van der Waals surface area contributed by atoms with Gasteiger partial charge in [-0.2, -0.15) is 4.39 Å². The molecule has 0 N–H and O–H groups in total. The number of hydrogen-bond donors (Lipinski definition) is 0. The molecule has 1 aromatic rings. The number of halogens is 3. The predicted molar refractivity (Wildman–Crippen MR) is 54.7 cm³/mol. The lowest BCUT2D eigenvalue weighted by Crippen LogP contribution is -2.24. The first kappa shape index (κ1) is 13.6. The van der Waals surface area contributed by atoms with Crippen molar-refractivity contribution >= 4 is 27.9 Å². The second kappa shape index (κ2) is 5.22. The van der Waals surface area contributed by atoms with Gasteiger partial charge in [0.05, 0.1) is 5.97 Å². The number of esters is 1. The number of carbonyl (C=O) groups is 2. The minimum atomic E-state index is -1.85. The molecule has 0 saturated carbocycles. The molecule has 17 heavy (non-hydrogen) atoms. The van der Waals surface area contributed by atoms with Crippen LogP contribution in [0.4, 0.5) is 8.78 Å². The number of carboxylic acids is 1. The van der Waals surface area contributed by atoms with E-state index in [1.807, 2.05) is 0 Å². The molecule has 4 nitrogen and oxygen atoms in total. The summed E-state index contributed by atoms with van der Waals surface area (Å²) in [7, 11) is 0. The summed E-state index contributed by atoms with van der Waals surface area (Å²) in [6.07, 6.45) is 0. The third-order valence-electron chi connectivity index (χ3n) is 1.80. The van der Waals surface area contributed by atoms with Gasteiger partial charge in [-0.3, -0.25) is 4.79 Å². The molecule has 1 rings (SSSR count). The first-order valence-corrected chi connectivity index (χ1v) is 5.31. The van der Waals surface area contributed by atoms with Crippen LogP contribution in [-0.2, 0) is 4.79 Å². The van der Waals surface area contributed by atoms with Crippen LogP contribution < -0.4 is 9.84 Å². The van der Waals surface area contributed by atoms with Crippen molar-refractivity contribution in [3.05, 3.63) is 29.3 Å². The molecule has 0 saturated heterocycles. The van der Waals surface area contributed by atoms with Crippen LogP contribution in [0.2, 0.25) is 0 Å². The van der Waals surface area contributed by atoms with Crippen molar-refractivity contribution in [3.8, 4) is 5.75 Å². The molecule has 0 aliphatic heterocycles. The summed E-state index contributed by atoms with van der Waals surface area (Å²) in [6.45, 7) is 1.44. The van der Waals surface area contributed by atoms with Crippen LogP contribution in [0.25, 0.3) is 0 Å².